The number of benzene rings is 1. The molecule has 0 aliphatic rings. The highest BCUT2D eigenvalue weighted by Crippen LogP contribution is 2.23. The summed E-state index contributed by atoms with van der Waals surface area (Å²) in [7, 11) is 0. The summed E-state index contributed by atoms with van der Waals surface area (Å²) >= 11 is 0. The number of hydrogen-bond acceptors (Lipinski definition) is 5. The zero-order valence-electron chi connectivity index (χ0n) is 11.8. The van der Waals surface area contributed by atoms with Crippen molar-refractivity contribution in [3.8, 4) is 17.4 Å². The molecule has 0 radical (unpaired) electrons. The first kappa shape index (κ1) is 14.2. The first-order valence-corrected chi connectivity index (χ1v) is 6.53. The molecule has 0 amide bonds. The minimum absolute atomic E-state index is 0.189. The lowest BCUT2D eigenvalue weighted by molar-refractivity contribution is 0.312. The predicted octanol–water partition coefficient (Wildman–Crippen LogP) is 2.82. The molecule has 0 atom stereocenters. The van der Waals surface area contributed by atoms with Gasteiger partial charge in [-0.1, -0.05) is 11.6 Å². The quantitative estimate of drug-likeness (QED) is 0.910. The van der Waals surface area contributed by atoms with Crippen molar-refractivity contribution in [3.63, 3.8) is 0 Å². The summed E-state index contributed by atoms with van der Waals surface area (Å²) in [6.07, 6.45) is 0. The van der Waals surface area contributed by atoms with Crippen LogP contribution in [0.25, 0.3) is 11.4 Å². The van der Waals surface area contributed by atoms with Gasteiger partial charge in [-0.15, -0.1) is 0 Å². The third-order valence-electron chi connectivity index (χ3n) is 2.59. The average Bonchev–Trinajstić information content (AvgIpc) is 2.42. The van der Waals surface area contributed by atoms with Crippen molar-refractivity contribution in [2.24, 2.45) is 0 Å². The Morgan fingerprint density at radius 2 is 2.00 bits per heavy atom. The summed E-state index contributed by atoms with van der Waals surface area (Å²) < 4.78 is 19.2. The number of hydrogen-bond donors (Lipinski definition) is 1. The van der Waals surface area contributed by atoms with E-state index >= 15 is 0 Å². The molecule has 0 saturated heterocycles. The van der Waals surface area contributed by atoms with Crippen LogP contribution in [0, 0.1) is 12.7 Å². The van der Waals surface area contributed by atoms with Crippen LogP contribution in [0.15, 0.2) is 18.2 Å². The lowest BCUT2D eigenvalue weighted by Gasteiger charge is -2.09. The molecule has 1 heterocycles. The molecule has 0 bridgehead atoms. The summed E-state index contributed by atoms with van der Waals surface area (Å²) in [5, 5.41) is 2.99. The molecule has 0 fully saturated rings. The molecule has 20 heavy (non-hydrogen) atoms. The number of aryl methyl sites for hydroxylation is 1. The SMILES string of the molecule is CCNc1nc(OCC)nc(-c2cc(C)ccc2F)n1. The molecule has 2 aromatic rings. The Morgan fingerprint density at radius 1 is 1.20 bits per heavy atom. The van der Waals surface area contributed by atoms with Crippen molar-refractivity contribution in [2.75, 3.05) is 18.5 Å². The summed E-state index contributed by atoms with van der Waals surface area (Å²) in [6, 6.07) is 5.00. The van der Waals surface area contributed by atoms with Crippen molar-refractivity contribution in [2.45, 2.75) is 20.8 Å². The molecular formula is C14H17FN4O. The second kappa shape index (κ2) is 6.27. The van der Waals surface area contributed by atoms with Gasteiger partial charge in [-0.2, -0.15) is 15.0 Å². The van der Waals surface area contributed by atoms with Gasteiger partial charge in [0.25, 0.3) is 0 Å². The smallest absolute Gasteiger partial charge is 0.321 e. The van der Waals surface area contributed by atoms with Gasteiger partial charge in [0.05, 0.1) is 12.2 Å². The van der Waals surface area contributed by atoms with E-state index in [0.29, 0.717) is 24.7 Å². The van der Waals surface area contributed by atoms with E-state index in [0.717, 1.165) is 5.56 Å². The van der Waals surface area contributed by atoms with Crippen molar-refractivity contribution in [1.82, 2.24) is 15.0 Å². The molecule has 6 heteroatoms. The maximum absolute atomic E-state index is 13.9. The summed E-state index contributed by atoms with van der Waals surface area (Å²) in [5.74, 6) is 0.272. The van der Waals surface area contributed by atoms with Crippen LogP contribution < -0.4 is 10.1 Å². The summed E-state index contributed by atoms with van der Waals surface area (Å²) in [5.41, 5.74) is 1.28. The molecule has 0 spiro atoms. The number of nitrogens with one attached hydrogen (secondary N) is 1. The number of nitrogens with zero attached hydrogens (tertiary/aromatic N) is 3. The molecule has 0 aliphatic heterocycles. The highest BCUT2D eigenvalue weighted by Gasteiger charge is 2.13. The van der Waals surface area contributed by atoms with E-state index in [1.165, 1.54) is 6.07 Å². The van der Waals surface area contributed by atoms with Gasteiger partial charge in [-0.3, -0.25) is 0 Å². The third kappa shape index (κ3) is 3.20. The number of halogens is 1. The van der Waals surface area contributed by atoms with Gasteiger partial charge < -0.3 is 10.1 Å². The molecule has 1 aromatic heterocycles. The minimum Gasteiger partial charge on any atom is -0.464 e. The molecule has 106 valence electrons. The van der Waals surface area contributed by atoms with E-state index < -0.39 is 0 Å². The Hall–Kier alpha value is -2.24. The van der Waals surface area contributed by atoms with Crippen LogP contribution >= 0.6 is 0 Å². The van der Waals surface area contributed by atoms with E-state index in [1.807, 2.05) is 20.8 Å². The van der Waals surface area contributed by atoms with Gasteiger partial charge >= 0.3 is 6.01 Å². The van der Waals surface area contributed by atoms with Crippen LogP contribution in [-0.4, -0.2) is 28.1 Å². The summed E-state index contributed by atoms with van der Waals surface area (Å²) in [6.45, 7) is 6.75. The molecule has 0 aliphatic carbocycles. The first-order chi connectivity index (χ1) is 9.63. The second-order valence-electron chi connectivity index (χ2n) is 4.21. The molecular weight excluding hydrogens is 259 g/mol. The standard InChI is InChI=1S/C14H17FN4O/c1-4-16-13-17-12(18-14(19-13)20-5-2)10-8-9(3)6-7-11(10)15/h6-8H,4-5H2,1-3H3,(H,16,17,18,19). The Bertz CT molecular complexity index is 579. The van der Waals surface area contributed by atoms with Gasteiger partial charge in [0.1, 0.15) is 5.82 Å². The Balaban J connectivity index is 2.51. The van der Waals surface area contributed by atoms with E-state index in [1.54, 1.807) is 12.1 Å². The fourth-order valence-electron chi connectivity index (χ4n) is 1.72. The van der Waals surface area contributed by atoms with Gasteiger partial charge in [-0.25, -0.2) is 4.39 Å². The maximum atomic E-state index is 13.9. The normalized spacial score (nSPS) is 10.4. The van der Waals surface area contributed by atoms with Crippen LogP contribution in [0.5, 0.6) is 6.01 Å². The Labute approximate surface area is 117 Å². The van der Waals surface area contributed by atoms with Crippen LogP contribution in [-0.2, 0) is 0 Å². The monoisotopic (exact) mass is 276 g/mol. The molecule has 2 rings (SSSR count). The van der Waals surface area contributed by atoms with E-state index in [9.17, 15) is 4.39 Å². The van der Waals surface area contributed by atoms with Gasteiger partial charge in [0.2, 0.25) is 5.95 Å². The van der Waals surface area contributed by atoms with E-state index in [2.05, 4.69) is 20.3 Å². The topological polar surface area (TPSA) is 59.9 Å². The van der Waals surface area contributed by atoms with Crippen molar-refractivity contribution >= 4 is 5.95 Å². The lowest BCUT2D eigenvalue weighted by Crippen LogP contribution is -2.08. The number of ether oxygens (including phenoxy) is 1. The van der Waals surface area contributed by atoms with E-state index in [4.69, 9.17) is 4.74 Å². The Kier molecular flexibility index (Phi) is 4.45. The second-order valence-corrected chi connectivity index (χ2v) is 4.21. The van der Waals surface area contributed by atoms with Gasteiger partial charge in [0.15, 0.2) is 5.82 Å². The third-order valence-corrected chi connectivity index (χ3v) is 2.59. The lowest BCUT2D eigenvalue weighted by atomic mass is 10.1. The Morgan fingerprint density at radius 3 is 2.70 bits per heavy atom. The summed E-state index contributed by atoms with van der Waals surface area (Å²) in [4.78, 5) is 12.5. The van der Waals surface area contributed by atoms with Crippen molar-refractivity contribution in [3.05, 3.63) is 29.6 Å². The largest absolute Gasteiger partial charge is 0.464 e. The highest BCUT2D eigenvalue weighted by atomic mass is 19.1. The molecule has 0 saturated carbocycles. The predicted molar refractivity (Wildman–Crippen MR) is 75.3 cm³/mol. The van der Waals surface area contributed by atoms with Crippen LogP contribution in [0.3, 0.4) is 0 Å². The number of aromatic nitrogens is 3. The van der Waals surface area contributed by atoms with Crippen molar-refractivity contribution in [1.29, 1.82) is 0 Å². The average molecular weight is 276 g/mol. The van der Waals surface area contributed by atoms with E-state index in [-0.39, 0.29) is 17.7 Å². The zero-order chi connectivity index (χ0) is 14.5. The van der Waals surface area contributed by atoms with Crippen LogP contribution in [0.1, 0.15) is 19.4 Å². The van der Waals surface area contributed by atoms with Crippen LogP contribution in [0.4, 0.5) is 10.3 Å². The highest BCUT2D eigenvalue weighted by molar-refractivity contribution is 5.58. The number of rotatable bonds is 5. The fourth-order valence-corrected chi connectivity index (χ4v) is 1.72. The van der Waals surface area contributed by atoms with Crippen LogP contribution in [0.2, 0.25) is 0 Å². The van der Waals surface area contributed by atoms with Crippen molar-refractivity contribution < 1.29 is 9.13 Å². The number of anilines is 1. The maximum Gasteiger partial charge on any atom is 0.321 e. The van der Waals surface area contributed by atoms with Gasteiger partial charge in [0, 0.05) is 6.54 Å². The molecule has 5 nitrogen and oxygen atoms in total. The zero-order valence-corrected chi connectivity index (χ0v) is 11.8. The minimum atomic E-state index is -0.369. The van der Waals surface area contributed by atoms with Gasteiger partial charge in [-0.05, 0) is 32.9 Å². The first-order valence-electron chi connectivity index (χ1n) is 6.53. The fraction of sp³-hybridized carbons (Fsp3) is 0.357. The molecule has 0 unspecified atom stereocenters. The molecule has 1 aromatic carbocycles. The molecule has 1 N–H and O–H groups in total.